The number of halogens is 7. The van der Waals surface area contributed by atoms with Gasteiger partial charge in [0.25, 0.3) is 5.91 Å². The first-order chi connectivity index (χ1) is 20.7. The van der Waals surface area contributed by atoms with Gasteiger partial charge in [0.2, 0.25) is 11.8 Å². The molecule has 0 saturated carbocycles. The highest BCUT2D eigenvalue weighted by atomic mass is 19.4. The quantitative estimate of drug-likeness (QED) is 0.333. The van der Waals surface area contributed by atoms with Gasteiger partial charge in [0.05, 0.1) is 17.7 Å². The van der Waals surface area contributed by atoms with Crippen molar-refractivity contribution >= 4 is 17.6 Å². The lowest BCUT2D eigenvalue weighted by atomic mass is 9.98. The maximum absolute atomic E-state index is 14.1. The van der Waals surface area contributed by atoms with E-state index in [0.717, 1.165) is 4.90 Å². The summed E-state index contributed by atoms with van der Waals surface area (Å²) in [5.41, 5.74) is -2.63. The highest BCUT2D eigenvalue weighted by Crippen LogP contribution is 2.38. The van der Waals surface area contributed by atoms with Crippen molar-refractivity contribution in [3.05, 3.63) is 76.6 Å². The third kappa shape index (κ3) is 6.73. The zero-order valence-electron chi connectivity index (χ0n) is 23.4. The zero-order chi connectivity index (χ0) is 31.8. The van der Waals surface area contributed by atoms with Gasteiger partial charge in [-0.2, -0.15) is 31.3 Å². The number of fused-ring (bicyclic) bond motifs is 1. The number of piperazine rings is 1. The standard InChI is InChI=1S/C30H27F7N4O3/c1-18(42)39-8-10-40(11-9-39)25-16-24(20-3-5-23(31)6-4-20)26-27(38-25)44-12-2-7-41(28(26)43)17-19-13-21(29(32,33)34)15-22(14-19)30(35,36)37/h3-6,13-16H,2,7-12,17H2,1H3. The van der Waals surface area contributed by atoms with Crippen molar-refractivity contribution in [2.75, 3.05) is 44.2 Å². The van der Waals surface area contributed by atoms with E-state index in [1.165, 1.54) is 31.2 Å². The van der Waals surface area contributed by atoms with E-state index in [1.807, 2.05) is 4.90 Å². The normalized spacial score (nSPS) is 16.3. The highest BCUT2D eigenvalue weighted by Gasteiger charge is 2.37. The van der Waals surface area contributed by atoms with Crippen molar-refractivity contribution in [1.29, 1.82) is 0 Å². The van der Waals surface area contributed by atoms with Gasteiger partial charge in [-0.15, -0.1) is 0 Å². The SMILES string of the molecule is CC(=O)N1CCN(c2cc(-c3ccc(F)cc3)c3c(n2)OCCCN(Cc2cc(C(F)(F)F)cc(C(F)(F)F)c2)C3=O)CC1. The van der Waals surface area contributed by atoms with Crippen LogP contribution in [0.1, 0.15) is 40.4 Å². The van der Waals surface area contributed by atoms with Crippen molar-refractivity contribution < 1.29 is 45.1 Å². The molecule has 0 bridgehead atoms. The molecule has 5 rings (SSSR count). The third-order valence-electron chi connectivity index (χ3n) is 7.51. The average Bonchev–Trinajstić information content (AvgIpc) is 2.96. The van der Waals surface area contributed by atoms with Crippen LogP contribution in [0.15, 0.2) is 48.5 Å². The van der Waals surface area contributed by atoms with E-state index < -0.39 is 41.7 Å². The zero-order valence-corrected chi connectivity index (χ0v) is 23.4. The largest absolute Gasteiger partial charge is 0.477 e. The molecule has 0 spiro atoms. The van der Waals surface area contributed by atoms with Gasteiger partial charge in [-0.25, -0.2) is 4.39 Å². The number of amides is 2. The van der Waals surface area contributed by atoms with Crippen molar-refractivity contribution in [2.45, 2.75) is 32.2 Å². The van der Waals surface area contributed by atoms with Crippen LogP contribution >= 0.6 is 0 Å². The minimum Gasteiger partial charge on any atom is -0.477 e. The summed E-state index contributed by atoms with van der Waals surface area (Å²) in [5.74, 6) is -0.949. The van der Waals surface area contributed by atoms with E-state index >= 15 is 0 Å². The van der Waals surface area contributed by atoms with Gasteiger partial charge in [0.1, 0.15) is 17.2 Å². The van der Waals surface area contributed by atoms with Gasteiger partial charge >= 0.3 is 12.4 Å². The Labute approximate surface area is 247 Å². The van der Waals surface area contributed by atoms with E-state index in [4.69, 9.17) is 4.74 Å². The second kappa shape index (κ2) is 12.0. The van der Waals surface area contributed by atoms with Gasteiger partial charge in [-0.1, -0.05) is 12.1 Å². The van der Waals surface area contributed by atoms with Crippen molar-refractivity contribution in [1.82, 2.24) is 14.8 Å². The lowest BCUT2D eigenvalue weighted by molar-refractivity contribution is -0.143. The summed E-state index contributed by atoms with van der Waals surface area (Å²) in [7, 11) is 0. The molecule has 1 fully saturated rings. The second-order valence-corrected chi connectivity index (χ2v) is 10.6. The minimum atomic E-state index is -5.04. The molecule has 1 aromatic heterocycles. The molecular formula is C30H27F7N4O3. The van der Waals surface area contributed by atoms with Gasteiger partial charge < -0.3 is 19.4 Å². The van der Waals surface area contributed by atoms with Crippen molar-refractivity contribution in [3.63, 3.8) is 0 Å². The van der Waals surface area contributed by atoms with Crippen molar-refractivity contribution in [3.8, 4) is 17.0 Å². The Morgan fingerprint density at radius 1 is 0.886 bits per heavy atom. The first-order valence-electron chi connectivity index (χ1n) is 13.7. The molecule has 1 saturated heterocycles. The van der Waals surface area contributed by atoms with E-state index in [1.54, 1.807) is 11.0 Å². The number of pyridine rings is 1. The molecular weight excluding hydrogens is 597 g/mol. The fraction of sp³-hybridized carbons (Fsp3) is 0.367. The van der Waals surface area contributed by atoms with Gasteiger partial charge in [-0.3, -0.25) is 9.59 Å². The Morgan fingerprint density at radius 2 is 1.50 bits per heavy atom. The lowest BCUT2D eigenvalue weighted by Gasteiger charge is -2.35. The molecule has 14 heteroatoms. The molecule has 0 aliphatic carbocycles. The third-order valence-corrected chi connectivity index (χ3v) is 7.51. The summed E-state index contributed by atoms with van der Waals surface area (Å²) >= 11 is 0. The average molecular weight is 625 g/mol. The molecule has 2 aliphatic rings. The molecule has 44 heavy (non-hydrogen) atoms. The Hall–Kier alpha value is -4.36. The summed E-state index contributed by atoms with van der Waals surface area (Å²) in [6.07, 6.45) is -9.85. The monoisotopic (exact) mass is 624 g/mol. The van der Waals surface area contributed by atoms with Crippen molar-refractivity contribution in [2.24, 2.45) is 0 Å². The second-order valence-electron chi connectivity index (χ2n) is 10.6. The van der Waals surface area contributed by atoms with Gasteiger partial charge in [0, 0.05) is 51.8 Å². The number of carbonyl (C=O) groups excluding carboxylic acids is 2. The van der Waals surface area contributed by atoms with E-state index in [0.29, 0.717) is 55.3 Å². The van der Waals surface area contributed by atoms with Crippen LogP contribution in [0.4, 0.5) is 36.6 Å². The number of rotatable bonds is 4. The predicted molar refractivity (Wildman–Crippen MR) is 145 cm³/mol. The topological polar surface area (TPSA) is 66.0 Å². The van der Waals surface area contributed by atoms with Crippen LogP contribution in [0.2, 0.25) is 0 Å². The number of nitrogens with zero attached hydrogens (tertiary/aromatic N) is 4. The Morgan fingerprint density at radius 3 is 2.07 bits per heavy atom. The van der Waals surface area contributed by atoms with E-state index in [-0.39, 0.29) is 48.6 Å². The molecule has 2 aromatic carbocycles. The van der Waals surface area contributed by atoms with Crippen LogP contribution in [-0.2, 0) is 23.7 Å². The molecule has 7 nitrogen and oxygen atoms in total. The summed E-state index contributed by atoms with van der Waals surface area (Å²) in [4.78, 5) is 35.2. The molecule has 234 valence electrons. The summed E-state index contributed by atoms with van der Waals surface area (Å²) in [5, 5.41) is 0. The first kappa shape index (κ1) is 31.1. The number of alkyl halides is 6. The van der Waals surface area contributed by atoms with E-state index in [9.17, 15) is 40.3 Å². The van der Waals surface area contributed by atoms with Crippen LogP contribution in [-0.4, -0.2) is 65.9 Å². The smallest absolute Gasteiger partial charge is 0.416 e. The fourth-order valence-corrected chi connectivity index (χ4v) is 5.26. The Bertz CT molecular complexity index is 1520. The number of benzene rings is 2. The van der Waals surface area contributed by atoms with Gasteiger partial charge in [0.15, 0.2) is 0 Å². The number of hydrogen-bond acceptors (Lipinski definition) is 5. The minimum absolute atomic E-state index is 0.0204. The van der Waals surface area contributed by atoms with Crippen LogP contribution < -0.4 is 9.64 Å². The fourth-order valence-electron chi connectivity index (χ4n) is 5.26. The van der Waals surface area contributed by atoms with Crippen LogP contribution in [0.5, 0.6) is 5.88 Å². The first-order valence-corrected chi connectivity index (χ1v) is 13.7. The number of aromatic nitrogens is 1. The summed E-state index contributed by atoms with van der Waals surface area (Å²) < 4.78 is 101. The summed E-state index contributed by atoms with van der Waals surface area (Å²) in [6.45, 7) is 2.72. The maximum Gasteiger partial charge on any atom is 0.416 e. The Kier molecular flexibility index (Phi) is 8.45. The Balaban J connectivity index is 1.57. The van der Waals surface area contributed by atoms with Crippen LogP contribution in [0, 0.1) is 5.82 Å². The molecule has 3 heterocycles. The molecule has 0 N–H and O–H groups in total. The molecule has 0 unspecified atom stereocenters. The highest BCUT2D eigenvalue weighted by molar-refractivity contribution is 6.03. The summed E-state index contributed by atoms with van der Waals surface area (Å²) in [6, 6.07) is 8.13. The molecule has 0 atom stereocenters. The number of carbonyl (C=O) groups is 2. The predicted octanol–water partition coefficient (Wildman–Crippen LogP) is 6.02. The molecule has 2 aliphatic heterocycles. The maximum atomic E-state index is 14.1. The van der Waals surface area contributed by atoms with E-state index in [2.05, 4.69) is 4.98 Å². The molecule has 3 aromatic rings. The number of hydrogen-bond donors (Lipinski definition) is 0. The number of ether oxygens (including phenoxy) is 1. The lowest BCUT2D eigenvalue weighted by Crippen LogP contribution is -2.48. The van der Waals surface area contributed by atoms with Crippen LogP contribution in [0.3, 0.4) is 0 Å². The molecule has 2 amide bonds. The van der Waals surface area contributed by atoms with Gasteiger partial charge in [-0.05, 0) is 53.9 Å². The molecule has 0 radical (unpaired) electrons. The number of anilines is 1. The van der Waals surface area contributed by atoms with Crippen LogP contribution in [0.25, 0.3) is 11.1 Å².